The van der Waals surface area contributed by atoms with Crippen LogP contribution in [0.25, 0.3) is 11.3 Å². The van der Waals surface area contributed by atoms with E-state index in [1.807, 2.05) is 6.92 Å². The summed E-state index contributed by atoms with van der Waals surface area (Å²) in [4.78, 5) is 12.2. The summed E-state index contributed by atoms with van der Waals surface area (Å²) in [7, 11) is 1.60. The SMILES string of the molecule is COCCn1ccc(C(=O)Nc2cc(-c3cc(C)ccc3F)[nH]n2)n1. The molecule has 0 fully saturated rings. The molecule has 0 radical (unpaired) electrons. The molecule has 7 nitrogen and oxygen atoms in total. The van der Waals surface area contributed by atoms with Gasteiger partial charge in [0, 0.05) is 24.9 Å². The van der Waals surface area contributed by atoms with Crippen molar-refractivity contribution < 1.29 is 13.9 Å². The molecule has 1 amide bonds. The Bertz CT molecular complexity index is 887. The summed E-state index contributed by atoms with van der Waals surface area (Å²) in [6.07, 6.45) is 1.70. The molecule has 2 aromatic heterocycles. The Morgan fingerprint density at radius 2 is 2.20 bits per heavy atom. The van der Waals surface area contributed by atoms with Crippen LogP contribution in [0.15, 0.2) is 36.5 Å². The number of benzene rings is 1. The van der Waals surface area contributed by atoms with Crippen molar-refractivity contribution in [2.45, 2.75) is 13.5 Å². The van der Waals surface area contributed by atoms with E-state index in [0.29, 0.717) is 30.2 Å². The average Bonchev–Trinajstić information content (AvgIpc) is 3.24. The minimum atomic E-state index is -0.390. The molecule has 25 heavy (non-hydrogen) atoms. The first kappa shape index (κ1) is 16.8. The molecule has 0 saturated carbocycles. The number of carbonyl (C=O) groups excluding carboxylic acids is 1. The highest BCUT2D eigenvalue weighted by molar-refractivity contribution is 6.02. The van der Waals surface area contributed by atoms with E-state index in [-0.39, 0.29) is 17.4 Å². The highest BCUT2D eigenvalue weighted by Gasteiger charge is 2.14. The number of anilines is 1. The molecule has 3 aromatic rings. The number of nitrogens with zero attached hydrogens (tertiary/aromatic N) is 3. The van der Waals surface area contributed by atoms with Gasteiger partial charge in [-0.05, 0) is 25.1 Å². The fourth-order valence-corrected chi connectivity index (χ4v) is 2.34. The highest BCUT2D eigenvalue weighted by atomic mass is 19.1. The summed E-state index contributed by atoms with van der Waals surface area (Å²) < 4.78 is 20.5. The summed E-state index contributed by atoms with van der Waals surface area (Å²) in [6.45, 7) is 2.94. The second kappa shape index (κ2) is 7.27. The van der Waals surface area contributed by atoms with Gasteiger partial charge >= 0.3 is 0 Å². The third kappa shape index (κ3) is 3.92. The molecule has 0 unspecified atom stereocenters. The van der Waals surface area contributed by atoms with Gasteiger partial charge in [-0.15, -0.1) is 0 Å². The number of hydrogen-bond acceptors (Lipinski definition) is 4. The van der Waals surface area contributed by atoms with Crippen LogP contribution in [-0.2, 0) is 11.3 Å². The Hall–Kier alpha value is -3.00. The lowest BCUT2D eigenvalue weighted by molar-refractivity contribution is 0.102. The number of hydrogen-bond donors (Lipinski definition) is 2. The van der Waals surface area contributed by atoms with Crippen LogP contribution in [0.5, 0.6) is 0 Å². The van der Waals surface area contributed by atoms with Crippen molar-refractivity contribution in [3.8, 4) is 11.3 Å². The van der Waals surface area contributed by atoms with Crippen molar-refractivity contribution in [3.63, 3.8) is 0 Å². The normalized spacial score (nSPS) is 10.8. The molecule has 1 aromatic carbocycles. The summed E-state index contributed by atoms with van der Waals surface area (Å²) >= 11 is 0. The fraction of sp³-hybridized carbons (Fsp3) is 0.235. The largest absolute Gasteiger partial charge is 0.383 e. The van der Waals surface area contributed by atoms with Gasteiger partial charge in [-0.25, -0.2) is 4.39 Å². The third-order valence-electron chi connectivity index (χ3n) is 3.63. The topological polar surface area (TPSA) is 84.8 Å². The molecule has 0 aliphatic rings. The van der Waals surface area contributed by atoms with E-state index >= 15 is 0 Å². The van der Waals surface area contributed by atoms with Gasteiger partial charge in [0.05, 0.1) is 18.8 Å². The van der Waals surface area contributed by atoms with Gasteiger partial charge in [-0.2, -0.15) is 10.2 Å². The predicted octanol–water partition coefficient (Wildman–Crippen LogP) is 2.62. The molecule has 0 spiro atoms. The number of amides is 1. The van der Waals surface area contributed by atoms with E-state index in [0.717, 1.165) is 5.56 Å². The number of methoxy groups -OCH3 is 1. The van der Waals surface area contributed by atoms with Crippen LogP contribution in [-0.4, -0.2) is 39.6 Å². The van der Waals surface area contributed by atoms with Gasteiger partial charge in [0.15, 0.2) is 11.5 Å². The van der Waals surface area contributed by atoms with Crippen LogP contribution in [0, 0.1) is 12.7 Å². The van der Waals surface area contributed by atoms with Gasteiger partial charge < -0.3 is 10.1 Å². The standard InChI is InChI=1S/C17H18FN5O2/c1-11-3-4-13(18)12(9-11)15-10-16(21-20-15)19-17(24)14-5-6-23(22-14)7-8-25-2/h3-6,9-10H,7-8H2,1-2H3,(H2,19,20,21,24). The maximum atomic E-state index is 13.9. The van der Waals surface area contributed by atoms with Crippen LogP contribution in [0.4, 0.5) is 10.2 Å². The molecule has 0 saturated heterocycles. The second-order valence-corrected chi connectivity index (χ2v) is 5.56. The number of aryl methyl sites for hydroxylation is 1. The summed E-state index contributed by atoms with van der Waals surface area (Å²) in [5, 5.41) is 13.5. The summed E-state index contributed by atoms with van der Waals surface area (Å²) in [5.74, 6) is -0.449. The minimum absolute atomic E-state index is 0.266. The molecule has 2 heterocycles. The van der Waals surface area contributed by atoms with E-state index in [4.69, 9.17) is 4.74 Å². The van der Waals surface area contributed by atoms with Crippen LogP contribution in [0.3, 0.4) is 0 Å². The zero-order valence-corrected chi connectivity index (χ0v) is 13.9. The van der Waals surface area contributed by atoms with Crippen LogP contribution >= 0.6 is 0 Å². The van der Waals surface area contributed by atoms with Crippen molar-refractivity contribution in [1.82, 2.24) is 20.0 Å². The van der Waals surface area contributed by atoms with Crippen molar-refractivity contribution in [2.24, 2.45) is 0 Å². The van der Waals surface area contributed by atoms with Crippen molar-refractivity contribution in [3.05, 3.63) is 53.6 Å². The quantitative estimate of drug-likeness (QED) is 0.720. The summed E-state index contributed by atoms with van der Waals surface area (Å²) in [5.41, 5.74) is 2.08. The number of aromatic amines is 1. The lowest BCUT2D eigenvalue weighted by atomic mass is 10.1. The first-order valence-electron chi connectivity index (χ1n) is 7.72. The Balaban J connectivity index is 1.71. The monoisotopic (exact) mass is 343 g/mol. The van der Waals surface area contributed by atoms with E-state index in [1.165, 1.54) is 6.07 Å². The molecule has 0 aliphatic heterocycles. The van der Waals surface area contributed by atoms with Crippen LogP contribution < -0.4 is 5.32 Å². The average molecular weight is 343 g/mol. The highest BCUT2D eigenvalue weighted by Crippen LogP contribution is 2.24. The number of halogens is 1. The smallest absolute Gasteiger partial charge is 0.277 e. The van der Waals surface area contributed by atoms with Gasteiger partial charge in [0.2, 0.25) is 0 Å². The Labute approximate surface area is 143 Å². The van der Waals surface area contributed by atoms with Crippen molar-refractivity contribution in [1.29, 1.82) is 0 Å². The lowest BCUT2D eigenvalue weighted by Crippen LogP contribution is -2.14. The van der Waals surface area contributed by atoms with Crippen molar-refractivity contribution in [2.75, 3.05) is 19.0 Å². The predicted molar refractivity (Wildman–Crippen MR) is 90.8 cm³/mol. The van der Waals surface area contributed by atoms with Gasteiger partial charge in [-0.1, -0.05) is 11.6 Å². The number of carbonyl (C=O) groups is 1. The lowest BCUT2D eigenvalue weighted by Gasteiger charge is -2.01. The molecule has 0 aliphatic carbocycles. The molecule has 3 rings (SSSR count). The Morgan fingerprint density at radius 3 is 3.00 bits per heavy atom. The molecule has 0 atom stereocenters. The van der Waals surface area contributed by atoms with E-state index in [9.17, 15) is 9.18 Å². The number of rotatable bonds is 6. The number of ether oxygens (including phenoxy) is 1. The maximum Gasteiger partial charge on any atom is 0.277 e. The molecule has 130 valence electrons. The number of aromatic nitrogens is 4. The first-order chi connectivity index (χ1) is 12.1. The molecule has 0 bridgehead atoms. The molecular formula is C17H18FN5O2. The Morgan fingerprint density at radius 1 is 1.36 bits per heavy atom. The van der Waals surface area contributed by atoms with E-state index in [2.05, 4.69) is 20.6 Å². The maximum absolute atomic E-state index is 13.9. The van der Waals surface area contributed by atoms with Gasteiger partial charge in [0.1, 0.15) is 5.82 Å². The van der Waals surface area contributed by atoms with Gasteiger partial charge in [-0.3, -0.25) is 14.6 Å². The Kier molecular flexibility index (Phi) is 4.90. The van der Waals surface area contributed by atoms with Crippen LogP contribution in [0.2, 0.25) is 0 Å². The first-order valence-corrected chi connectivity index (χ1v) is 7.72. The zero-order chi connectivity index (χ0) is 17.8. The van der Waals surface area contributed by atoms with Crippen LogP contribution in [0.1, 0.15) is 16.1 Å². The van der Waals surface area contributed by atoms with Gasteiger partial charge in [0.25, 0.3) is 5.91 Å². The van der Waals surface area contributed by atoms with E-state index in [1.54, 1.807) is 42.3 Å². The number of H-pyrrole nitrogens is 1. The third-order valence-corrected chi connectivity index (χ3v) is 3.63. The zero-order valence-electron chi connectivity index (χ0n) is 13.9. The molecule has 2 N–H and O–H groups in total. The number of nitrogens with one attached hydrogen (secondary N) is 2. The molecule has 8 heteroatoms. The van der Waals surface area contributed by atoms with Crippen molar-refractivity contribution >= 4 is 11.7 Å². The summed E-state index contributed by atoms with van der Waals surface area (Å²) in [6, 6.07) is 8.00. The minimum Gasteiger partial charge on any atom is -0.383 e. The molecular weight excluding hydrogens is 325 g/mol. The second-order valence-electron chi connectivity index (χ2n) is 5.56. The fourth-order valence-electron chi connectivity index (χ4n) is 2.34. The van der Waals surface area contributed by atoms with E-state index < -0.39 is 0 Å².